The van der Waals surface area contributed by atoms with E-state index < -0.39 is 10.0 Å². The number of nitrogens with zero attached hydrogens (tertiary/aromatic N) is 1. The number of hydrogen-bond donors (Lipinski definition) is 2. The highest BCUT2D eigenvalue weighted by Gasteiger charge is 2.33. The lowest BCUT2D eigenvalue weighted by Crippen LogP contribution is -2.56. The fourth-order valence-electron chi connectivity index (χ4n) is 2.81. The highest BCUT2D eigenvalue weighted by molar-refractivity contribution is 7.89. The average Bonchev–Trinajstić information content (AvgIpc) is 2.54. The average molecular weight is 305 g/mol. The van der Waals surface area contributed by atoms with Crippen LogP contribution in [-0.2, 0) is 10.0 Å². The Hall–Kier alpha value is -1.47. The number of benzene rings is 2. The van der Waals surface area contributed by atoms with Crippen molar-refractivity contribution in [2.24, 2.45) is 5.73 Å². The maximum absolute atomic E-state index is 13.0. The van der Waals surface area contributed by atoms with Gasteiger partial charge < -0.3 is 11.1 Å². The van der Waals surface area contributed by atoms with E-state index in [1.165, 1.54) is 4.31 Å². The summed E-state index contributed by atoms with van der Waals surface area (Å²) in [5.74, 6) is 0. The van der Waals surface area contributed by atoms with Crippen molar-refractivity contribution < 1.29 is 8.42 Å². The van der Waals surface area contributed by atoms with Crippen LogP contribution in [0.15, 0.2) is 47.4 Å². The molecule has 0 bridgehead atoms. The Morgan fingerprint density at radius 2 is 1.95 bits per heavy atom. The van der Waals surface area contributed by atoms with Crippen LogP contribution in [0.3, 0.4) is 0 Å². The molecule has 1 atom stereocenters. The van der Waals surface area contributed by atoms with Gasteiger partial charge in [-0.3, -0.25) is 0 Å². The number of nitrogens with two attached hydrogens (primary N) is 1. The summed E-state index contributed by atoms with van der Waals surface area (Å²) in [6.07, 6.45) is 0. The summed E-state index contributed by atoms with van der Waals surface area (Å²) in [5, 5.41) is 4.88. The van der Waals surface area contributed by atoms with Crippen LogP contribution < -0.4 is 11.1 Å². The Morgan fingerprint density at radius 1 is 1.19 bits per heavy atom. The molecule has 2 aromatic rings. The monoisotopic (exact) mass is 305 g/mol. The number of fused-ring (bicyclic) bond motifs is 1. The normalized spacial score (nSPS) is 20.7. The van der Waals surface area contributed by atoms with E-state index >= 15 is 0 Å². The summed E-state index contributed by atoms with van der Waals surface area (Å²) in [4.78, 5) is 0.362. The molecule has 1 fully saturated rings. The van der Waals surface area contributed by atoms with E-state index in [1.54, 1.807) is 12.1 Å². The van der Waals surface area contributed by atoms with Crippen molar-refractivity contribution in [3.05, 3.63) is 42.5 Å². The molecule has 0 radical (unpaired) electrons. The van der Waals surface area contributed by atoms with Gasteiger partial charge in [-0.05, 0) is 11.5 Å². The summed E-state index contributed by atoms with van der Waals surface area (Å²) in [7, 11) is -3.54. The maximum atomic E-state index is 13.0. The zero-order chi connectivity index (χ0) is 14.9. The topological polar surface area (TPSA) is 75.4 Å². The summed E-state index contributed by atoms with van der Waals surface area (Å²) >= 11 is 0. The number of sulfonamides is 1. The fraction of sp³-hybridized carbons (Fsp3) is 0.333. The first-order valence-corrected chi connectivity index (χ1v) is 8.49. The van der Waals surface area contributed by atoms with Gasteiger partial charge in [0.1, 0.15) is 0 Å². The van der Waals surface area contributed by atoms with Crippen molar-refractivity contribution in [2.75, 3.05) is 26.2 Å². The lowest BCUT2D eigenvalue weighted by Gasteiger charge is -2.34. The Kier molecular flexibility index (Phi) is 3.95. The first kappa shape index (κ1) is 14.5. The largest absolute Gasteiger partial charge is 0.329 e. The minimum absolute atomic E-state index is 0.192. The minimum Gasteiger partial charge on any atom is -0.329 e. The van der Waals surface area contributed by atoms with Crippen molar-refractivity contribution in [1.29, 1.82) is 0 Å². The molecule has 21 heavy (non-hydrogen) atoms. The zero-order valence-electron chi connectivity index (χ0n) is 11.7. The molecule has 1 aliphatic heterocycles. The molecule has 5 nitrogen and oxygen atoms in total. The third-order valence-electron chi connectivity index (χ3n) is 3.90. The van der Waals surface area contributed by atoms with Crippen molar-refractivity contribution >= 4 is 20.8 Å². The van der Waals surface area contributed by atoms with E-state index in [4.69, 9.17) is 5.73 Å². The molecule has 0 saturated carbocycles. The van der Waals surface area contributed by atoms with E-state index in [9.17, 15) is 8.42 Å². The molecule has 112 valence electrons. The number of piperazine rings is 1. The van der Waals surface area contributed by atoms with Gasteiger partial charge in [0.2, 0.25) is 10.0 Å². The van der Waals surface area contributed by atoms with Crippen LogP contribution in [-0.4, -0.2) is 44.9 Å². The number of hydrogen-bond acceptors (Lipinski definition) is 4. The van der Waals surface area contributed by atoms with Crippen molar-refractivity contribution in [3.8, 4) is 0 Å². The van der Waals surface area contributed by atoms with Crippen molar-refractivity contribution in [3.63, 3.8) is 0 Å². The third kappa shape index (κ3) is 2.55. The predicted molar refractivity (Wildman–Crippen MR) is 83.6 cm³/mol. The second-order valence-electron chi connectivity index (χ2n) is 5.19. The molecule has 0 aromatic heterocycles. The Labute approximate surface area is 124 Å². The molecule has 1 heterocycles. The van der Waals surface area contributed by atoms with Crippen LogP contribution in [0.4, 0.5) is 0 Å². The number of rotatable bonds is 3. The van der Waals surface area contributed by atoms with E-state index in [0.29, 0.717) is 31.1 Å². The van der Waals surface area contributed by atoms with Crippen molar-refractivity contribution in [2.45, 2.75) is 10.9 Å². The molecule has 3 rings (SSSR count). The third-order valence-corrected chi connectivity index (χ3v) is 5.91. The zero-order valence-corrected chi connectivity index (χ0v) is 12.5. The molecule has 1 aliphatic rings. The quantitative estimate of drug-likeness (QED) is 0.878. The van der Waals surface area contributed by atoms with Crippen LogP contribution in [0.25, 0.3) is 10.8 Å². The molecule has 1 saturated heterocycles. The van der Waals surface area contributed by atoms with Crippen LogP contribution in [0.1, 0.15) is 0 Å². The van der Waals surface area contributed by atoms with Gasteiger partial charge in [-0.15, -0.1) is 0 Å². The number of nitrogens with one attached hydrogen (secondary N) is 1. The van der Waals surface area contributed by atoms with Crippen LogP contribution in [0.2, 0.25) is 0 Å². The fourth-order valence-corrected chi connectivity index (χ4v) is 4.66. The summed E-state index contributed by atoms with van der Waals surface area (Å²) in [6, 6.07) is 12.7. The van der Waals surface area contributed by atoms with Gasteiger partial charge in [-0.1, -0.05) is 36.4 Å². The SMILES string of the molecule is NCC1CNCCN1S(=O)(=O)c1cccc2ccccc12. The van der Waals surface area contributed by atoms with Crippen LogP contribution in [0.5, 0.6) is 0 Å². The van der Waals surface area contributed by atoms with Crippen LogP contribution in [0, 0.1) is 0 Å². The van der Waals surface area contributed by atoms with Gasteiger partial charge >= 0.3 is 0 Å². The molecule has 0 aliphatic carbocycles. The lowest BCUT2D eigenvalue weighted by molar-refractivity contribution is 0.273. The Balaban J connectivity index is 2.12. The smallest absolute Gasteiger partial charge is 0.244 e. The summed E-state index contributed by atoms with van der Waals surface area (Å²) in [6.45, 7) is 2.02. The molecule has 1 unspecified atom stereocenters. The minimum atomic E-state index is -3.54. The Bertz CT molecular complexity index is 740. The van der Waals surface area contributed by atoms with E-state index in [-0.39, 0.29) is 6.04 Å². The van der Waals surface area contributed by atoms with Gasteiger partial charge in [0.15, 0.2) is 0 Å². The first-order chi connectivity index (χ1) is 10.1. The highest BCUT2D eigenvalue weighted by atomic mass is 32.2. The standard InChI is InChI=1S/C15H19N3O2S/c16-10-13-11-17-8-9-18(13)21(19,20)15-7-3-5-12-4-1-2-6-14(12)15/h1-7,13,17H,8-11,16H2. The maximum Gasteiger partial charge on any atom is 0.244 e. The van der Waals surface area contributed by atoms with E-state index in [2.05, 4.69) is 5.32 Å². The van der Waals surface area contributed by atoms with Crippen molar-refractivity contribution in [1.82, 2.24) is 9.62 Å². The second kappa shape index (κ2) is 5.73. The van der Waals surface area contributed by atoms with Gasteiger partial charge in [0, 0.05) is 37.6 Å². The molecule has 0 spiro atoms. The molecule has 6 heteroatoms. The first-order valence-electron chi connectivity index (χ1n) is 7.05. The summed E-state index contributed by atoms with van der Waals surface area (Å²) < 4.78 is 27.6. The van der Waals surface area contributed by atoms with Gasteiger partial charge in [-0.2, -0.15) is 4.31 Å². The summed E-state index contributed by atoms with van der Waals surface area (Å²) in [5.41, 5.74) is 5.73. The lowest BCUT2D eigenvalue weighted by atomic mass is 10.1. The molecule has 2 aromatic carbocycles. The molecule has 3 N–H and O–H groups in total. The Morgan fingerprint density at radius 3 is 2.76 bits per heavy atom. The van der Waals surface area contributed by atoms with Crippen LogP contribution >= 0.6 is 0 Å². The van der Waals surface area contributed by atoms with Gasteiger partial charge in [0.05, 0.1) is 4.90 Å². The highest BCUT2D eigenvalue weighted by Crippen LogP contribution is 2.27. The molecule has 0 amide bonds. The van der Waals surface area contributed by atoms with Gasteiger partial charge in [-0.25, -0.2) is 8.42 Å². The van der Waals surface area contributed by atoms with E-state index in [1.807, 2.05) is 30.3 Å². The predicted octanol–water partition coefficient (Wildman–Crippen LogP) is 0.761. The van der Waals surface area contributed by atoms with Gasteiger partial charge in [0.25, 0.3) is 0 Å². The molecular formula is C15H19N3O2S. The van der Waals surface area contributed by atoms with E-state index in [0.717, 1.165) is 10.8 Å². The second-order valence-corrected chi connectivity index (χ2v) is 7.05. The molecular weight excluding hydrogens is 286 g/mol.